The van der Waals surface area contributed by atoms with Crippen molar-refractivity contribution in [1.82, 2.24) is 9.80 Å². The number of ether oxygens (including phenoxy) is 1. The summed E-state index contributed by atoms with van der Waals surface area (Å²) in [6.45, 7) is 3.95. The van der Waals surface area contributed by atoms with Gasteiger partial charge in [0.2, 0.25) is 0 Å². The quantitative estimate of drug-likeness (QED) is 0.605. The molecule has 1 aliphatic heterocycles. The molecule has 1 atom stereocenters. The smallest absolute Gasteiger partial charge is 0.188 e. The molecule has 0 amide bonds. The van der Waals surface area contributed by atoms with Crippen LogP contribution in [0, 0.1) is 5.82 Å². The maximum absolute atomic E-state index is 14.2. The summed E-state index contributed by atoms with van der Waals surface area (Å²) in [6.07, 6.45) is 0.581. The molecule has 0 bridgehead atoms. The monoisotopic (exact) mass is 430 g/mol. The zero-order valence-corrected chi connectivity index (χ0v) is 18.3. The van der Waals surface area contributed by atoms with E-state index in [9.17, 15) is 9.18 Å². The van der Waals surface area contributed by atoms with E-state index in [0.717, 1.165) is 60.7 Å². The van der Waals surface area contributed by atoms with Gasteiger partial charge in [-0.2, -0.15) is 0 Å². The van der Waals surface area contributed by atoms with Crippen LogP contribution in [-0.2, 0) is 18.5 Å². The lowest BCUT2D eigenvalue weighted by Gasteiger charge is -2.45. The van der Waals surface area contributed by atoms with Crippen LogP contribution in [0.4, 0.5) is 4.39 Å². The third kappa shape index (κ3) is 3.51. The Kier molecular flexibility index (Phi) is 5.53. The highest BCUT2D eigenvalue weighted by atomic mass is 19.1. The minimum Gasteiger partial charge on any atom is -0.496 e. The van der Waals surface area contributed by atoms with Crippen molar-refractivity contribution < 1.29 is 13.9 Å². The Morgan fingerprint density at radius 2 is 1.69 bits per heavy atom. The Bertz CT molecular complexity index is 1140. The predicted octanol–water partition coefficient (Wildman–Crippen LogP) is 4.29. The summed E-state index contributed by atoms with van der Waals surface area (Å²) in [4.78, 5) is 18.4. The maximum Gasteiger partial charge on any atom is 0.188 e. The van der Waals surface area contributed by atoms with Crippen LogP contribution in [0.3, 0.4) is 0 Å². The number of para-hydroxylation sites is 1. The molecule has 1 aliphatic carbocycles. The molecule has 0 radical (unpaired) electrons. The van der Waals surface area contributed by atoms with Gasteiger partial charge in [-0.3, -0.25) is 14.6 Å². The van der Waals surface area contributed by atoms with E-state index in [1.807, 2.05) is 48.5 Å². The number of Topliss-reactive ketones (excluding diaryl/α,β-unsaturated/α-hetero) is 1. The second-order valence-corrected chi connectivity index (χ2v) is 8.61. The second kappa shape index (κ2) is 8.49. The standard InChI is InChI=1S/C27H27FN2O2/c1-32-25-12-5-3-8-21(25)19-29-13-15-30(16-14-29)27(22-9-6-10-23(28)17-22)18-20-7-2-4-11-24(20)26(27)31/h2-12,17H,13-16,18-19H2,1H3. The number of piperazine rings is 1. The topological polar surface area (TPSA) is 32.8 Å². The van der Waals surface area contributed by atoms with Crippen molar-refractivity contribution in [2.45, 2.75) is 18.5 Å². The summed E-state index contributed by atoms with van der Waals surface area (Å²) >= 11 is 0. The molecule has 3 aromatic carbocycles. The lowest BCUT2D eigenvalue weighted by atomic mass is 9.83. The number of rotatable bonds is 5. The van der Waals surface area contributed by atoms with Crippen molar-refractivity contribution in [3.05, 3.63) is 101 Å². The van der Waals surface area contributed by atoms with E-state index in [4.69, 9.17) is 4.74 Å². The van der Waals surface area contributed by atoms with E-state index in [2.05, 4.69) is 15.9 Å². The third-order valence-electron chi connectivity index (χ3n) is 6.88. The van der Waals surface area contributed by atoms with Gasteiger partial charge in [0.25, 0.3) is 0 Å². The molecule has 0 N–H and O–H groups in total. The first kappa shape index (κ1) is 20.9. The summed E-state index contributed by atoms with van der Waals surface area (Å²) in [5.74, 6) is 0.671. The zero-order valence-electron chi connectivity index (χ0n) is 18.3. The lowest BCUT2D eigenvalue weighted by molar-refractivity contribution is 0.0286. The molecule has 1 saturated heterocycles. The van der Waals surface area contributed by atoms with Crippen LogP contribution in [0.25, 0.3) is 0 Å². The zero-order chi connectivity index (χ0) is 22.1. The number of ketones is 1. The SMILES string of the molecule is COc1ccccc1CN1CCN(C2(c3cccc(F)c3)Cc3ccccc3C2=O)CC1. The molecule has 164 valence electrons. The normalized spacial score (nSPS) is 21.5. The van der Waals surface area contributed by atoms with Gasteiger partial charge in [-0.05, 0) is 29.3 Å². The number of carbonyl (C=O) groups excluding carboxylic acids is 1. The van der Waals surface area contributed by atoms with Gasteiger partial charge in [-0.25, -0.2) is 4.39 Å². The summed E-state index contributed by atoms with van der Waals surface area (Å²) in [5.41, 5.74) is 2.86. The molecule has 5 heteroatoms. The van der Waals surface area contributed by atoms with E-state index in [-0.39, 0.29) is 11.6 Å². The first-order valence-electron chi connectivity index (χ1n) is 11.1. The average Bonchev–Trinajstić information content (AvgIpc) is 3.13. The van der Waals surface area contributed by atoms with Gasteiger partial charge in [0.05, 0.1) is 7.11 Å². The van der Waals surface area contributed by atoms with Crippen molar-refractivity contribution in [3.63, 3.8) is 0 Å². The van der Waals surface area contributed by atoms with Crippen molar-refractivity contribution in [2.75, 3.05) is 33.3 Å². The highest BCUT2D eigenvalue weighted by Crippen LogP contribution is 2.43. The number of methoxy groups -OCH3 is 1. The van der Waals surface area contributed by atoms with Crippen LogP contribution >= 0.6 is 0 Å². The highest BCUT2D eigenvalue weighted by Gasteiger charge is 2.51. The van der Waals surface area contributed by atoms with Crippen LogP contribution in [-0.4, -0.2) is 48.9 Å². The molecule has 0 spiro atoms. The third-order valence-corrected chi connectivity index (χ3v) is 6.88. The Labute approximate surface area is 188 Å². The predicted molar refractivity (Wildman–Crippen MR) is 122 cm³/mol. The Hall–Kier alpha value is -3.02. The molecular weight excluding hydrogens is 403 g/mol. The van der Waals surface area contributed by atoms with Crippen LogP contribution in [0.2, 0.25) is 0 Å². The maximum atomic E-state index is 14.2. The van der Waals surface area contributed by atoms with Crippen molar-refractivity contribution >= 4 is 5.78 Å². The van der Waals surface area contributed by atoms with Crippen LogP contribution in [0.5, 0.6) is 5.75 Å². The molecule has 1 unspecified atom stereocenters. The fourth-order valence-electron chi connectivity index (χ4n) is 5.25. The largest absolute Gasteiger partial charge is 0.496 e. The van der Waals surface area contributed by atoms with Gasteiger partial charge < -0.3 is 4.74 Å². The first-order chi connectivity index (χ1) is 15.6. The Morgan fingerprint density at radius 3 is 2.44 bits per heavy atom. The van der Waals surface area contributed by atoms with Gasteiger partial charge in [0.15, 0.2) is 5.78 Å². The molecule has 5 rings (SSSR count). The van der Waals surface area contributed by atoms with E-state index in [0.29, 0.717) is 6.42 Å². The number of benzene rings is 3. The van der Waals surface area contributed by atoms with E-state index >= 15 is 0 Å². The van der Waals surface area contributed by atoms with Gasteiger partial charge in [0.1, 0.15) is 17.1 Å². The molecule has 2 aliphatic rings. The minimum atomic E-state index is -0.845. The molecule has 0 aromatic heterocycles. The second-order valence-electron chi connectivity index (χ2n) is 8.61. The van der Waals surface area contributed by atoms with Crippen LogP contribution in [0.1, 0.15) is 27.0 Å². The van der Waals surface area contributed by atoms with Gasteiger partial charge in [0, 0.05) is 50.3 Å². The Morgan fingerprint density at radius 1 is 0.938 bits per heavy atom. The van der Waals surface area contributed by atoms with Gasteiger partial charge >= 0.3 is 0 Å². The fraction of sp³-hybridized carbons (Fsp3) is 0.296. The number of hydrogen-bond acceptors (Lipinski definition) is 4. The van der Waals surface area contributed by atoms with Crippen molar-refractivity contribution in [2.24, 2.45) is 0 Å². The number of fused-ring (bicyclic) bond motifs is 1. The number of nitrogens with zero attached hydrogens (tertiary/aromatic N) is 2. The number of hydrogen-bond donors (Lipinski definition) is 0. The molecular formula is C27H27FN2O2. The summed E-state index contributed by atoms with van der Waals surface area (Å²) in [5, 5.41) is 0. The molecule has 1 fully saturated rings. The van der Waals surface area contributed by atoms with Crippen molar-refractivity contribution in [1.29, 1.82) is 0 Å². The van der Waals surface area contributed by atoms with E-state index in [1.165, 1.54) is 12.1 Å². The average molecular weight is 431 g/mol. The molecule has 3 aromatic rings. The lowest BCUT2D eigenvalue weighted by Crippen LogP contribution is -2.58. The summed E-state index contributed by atoms with van der Waals surface area (Å²) < 4.78 is 19.7. The van der Waals surface area contributed by atoms with Crippen molar-refractivity contribution in [3.8, 4) is 5.75 Å². The van der Waals surface area contributed by atoms with E-state index < -0.39 is 5.54 Å². The first-order valence-corrected chi connectivity index (χ1v) is 11.1. The van der Waals surface area contributed by atoms with Gasteiger partial charge in [-0.1, -0.05) is 54.6 Å². The summed E-state index contributed by atoms with van der Waals surface area (Å²) in [7, 11) is 1.70. The highest BCUT2D eigenvalue weighted by molar-refractivity contribution is 6.08. The molecule has 32 heavy (non-hydrogen) atoms. The number of halogens is 1. The van der Waals surface area contributed by atoms with Gasteiger partial charge in [-0.15, -0.1) is 0 Å². The van der Waals surface area contributed by atoms with Crippen LogP contribution < -0.4 is 4.74 Å². The fourth-order valence-corrected chi connectivity index (χ4v) is 5.25. The Balaban J connectivity index is 1.42. The van der Waals surface area contributed by atoms with E-state index in [1.54, 1.807) is 13.2 Å². The molecule has 4 nitrogen and oxygen atoms in total. The molecule has 1 heterocycles. The minimum absolute atomic E-state index is 0.0804. The van der Waals surface area contributed by atoms with Crippen LogP contribution in [0.15, 0.2) is 72.8 Å². The number of carbonyl (C=O) groups is 1. The summed E-state index contributed by atoms with van der Waals surface area (Å²) in [6, 6.07) is 22.5. The molecule has 0 saturated carbocycles.